The molecule has 6 rings (SSSR count). The van der Waals surface area contributed by atoms with Crippen LogP contribution in [0.1, 0.15) is 48.4 Å². The molecule has 1 fully saturated rings. The number of aliphatic hydroxyl groups excluding tert-OH is 1. The van der Waals surface area contributed by atoms with Crippen LogP contribution in [0.3, 0.4) is 0 Å². The van der Waals surface area contributed by atoms with Gasteiger partial charge in [-0.1, -0.05) is 71.4 Å². The van der Waals surface area contributed by atoms with Crippen molar-refractivity contribution in [3.8, 4) is 0 Å². The first-order chi connectivity index (χ1) is 22.7. The van der Waals surface area contributed by atoms with Crippen LogP contribution in [-0.2, 0) is 39.5 Å². The second-order valence-electron chi connectivity index (χ2n) is 12.8. The van der Waals surface area contributed by atoms with Crippen molar-refractivity contribution in [3.63, 3.8) is 0 Å². The number of amides is 3. The highest BCUT2D eigenvalue weighted by molar-refractivity contribution is 9.10. The molecule has 1 saturated heterocycles. The van der Waals surface area contributed by atoms with Gasteiger partial charge in [0.1, 0.15) is 0 Å². The lowest BCUT2D eigenvalue weighted by atomic mass is 9.83. The summed E-state index contributed by atoms with van der Waals surface area (Å²) < 4.78 is 0.734. The summed E-state index contributed by atoms with van der Waals surface area (Å²) in [6.07, 6.45) is 5.94. The Morgan fingerprint density at radius 3 is 2.70 bits per heavy atom. The number of fused-ring (bicyclic) bond motifs is 2. The van der Waals surface area contributed by atoms with E-state index >= 15 is 0 Å². The van der Waals surface area contributed by atoms with E-state index < -0.39 is 17.4 Å². The van der Waals surface area contributed by atoms with E-state index in [0.29, 0.717) is 36.4 Å². The fraction of sp³-hybridized carbons (Fsp3) is 0.378. The highest BCUT2D eigenvalue weighted by Gasteiger charge is 2.52. The Morgan fingerprint density at radius 1 is 1.13 bits per heavy atom. The SMILES string of the molecule is C[C@@H](/C=C/CC(=O)N1Cc2ccccc2C[C@H]1CO)[C@]1(O)C(=O)N(Cc2cccc(NC(=O)C3CCCNC3)c2)c2ccc(Br)cc21. The maximum atomic E-state index is 14.1. The minimum Gasteiger partial charge on any atom is -0.394 e. The van der Waals surface area contributed by atoms with E-state index in [1.54, 1.807) is 34.9 Å². The molecule has 0 bridgehead atoms. The summed E-state index contributed by atoms with van der Waals surface area (Å²) >= 11 is 3.50. The van der Waals surface area contributed by atoms with Crippen LogP contribution in [-0.4, -0.2) is 58.6 Å². The minimum absolute atomic E-state index is 0.0211. The average molecular weight is 702 g/mol. The number of carbonyl (C=O) groups excluding carboxylic acids is 3. The molecule has 0 spiro atoms. The van der Waals surface area contributed by atoms with Gasteiger partial charge < -0.3 is 30.6 Å². The van der Waals surface area contributed by atoms with Crippen molar-refractivity contribution in [3.05, 3.63) is 106 Å². The first-order valence-electron chi connectivity index (χ1n) is 16.3. The van der Waals surface area contributed by atoms with Crippen LogP contribution in [0, 0.1) is 11.8 Å². The number of halogens is 1. The van der Waals surface area contributed by atoms with E-state index in [1.165, 1.54) is 0 Å². The van der Waals surface area contributed by atoms with Gasteiger partial charge in [-0.15, -0.1) is 0 Å². The molecule has 3 amide bonds. The molecular weight excluding hydrogens is 660 g/mol. The summed E-state index contributed by atoms with van der Waals surface area (Å²) in [6, 6.07) is 20.5. The molecule has 1 unspecified atom stereocenters. The van der Waals surface area contributed by atoms with E-state index in [-0.39, 0.29) is 43.3 Å². The van der Waals surface area contributed by atoms with Crippen molar-refractivity contribution in [2.45, 2.75) is 57.3 Å². The van der Waals surface area contributed by atoms with Gasteiger partial charge in [0.25, 0.3) is 5.91 Å². The Bertz CT molecular complexity index is 1690. The van der Waals surface area contributed by atoms with Crippen molar-refractivity contribution >= 4 is 45.0 Å². The zero-order valence-electron chi connectivity index (χ0n) is 26.5. The van der Waals surface area contributed by atoms with Gasteiger partial charge in [-0.05, 0) is 72.8 Å². The Hall–Kier alpha value is -3.83. The van der Waals surface area contributed by atoms with Crippen molar-refractivity contribution in [2.75, 3.05) is 29.9 Å². The van der Waals surface area contributed by atoms with Gasteiger partial charge in [-0.3, -0.25) is 14.4 Å². The highest BCUT2D eigenvalue weighted by Crippen LogP contribution is 2.47. The lowest BCUT2D eigenvalue weighted by molar-refractivity contribution is -0.139. The Kier molecular flexibility index (Phi) is 9.93. The van der Waals surface area contributed by atoms with E-state index in [2.05, 4.69) is 26.6 Å². The molecule has 47 heavy (non-hydrogen) atoms. The summed E-state index contributed by atoms with van der Waals surface area (Å²) in [6.45, 7) is 3.89. The number of hydrogen-bond acceptors (Lipinski definition) is 6. The number of nitrogens with zero attached hydrogens (tertiary/aromatic N) is 2. The number of rotatable bonds is 9. The van der Waals surface area contributed by atoms with Crippen LogP contribution in [0.5, 0.6) is 0 Å². The average Bonchev–Trinajstić information content (AvgIpc) is 3.29. The molecule has 0 saturated carbocycles. The van der Waals surface area contributed by atoms with Crippen LogP contribution in [0.2, 0.25) is 0 Å². The minimum atomic E-state index is -1.85. The second-order valence-corrected chi connectivity index (χ2v) is 13.7. The molecule has 3 aliphatic heterocycles. The fourth-order valence-electron chi connectivity index (χ4n) is 7.00. The number of carbonyl (C=O) groups is 3. The molecule has 0 aliphatic carbocycles. The Morgan fingerprint density at radius 2 is 1.94 bits per heavy atom. The normalized spacial score (nSPS) is 23.0. The van der Waals surface area contributed by atoms with Crippen LogP contribution in [0.25, 0.3) is 0 Å². The third-order valence-corrected chi connectivity index (χ3v) is 10.2. The highest BCUT2D eigenvalue weighted by atomic mass is 79.9. The predicted molar refractivity (Wildman–Crippen MR) is 184 cm³/mol. The number of hydrogen-bond donors (Lipinski definition) is 4. The van der Waals surface area contributed by atoms with Gasteiger partial charge in [0.15, 0.2) is 5.60 Å². The molecule has 0 aromatic heterocycles. The van der Waals surface area contributed by atoms with Gasteiger partial charge in [0.2, 0.25) is 11.8 Å². The van der Waals surface area contributed by atoms with Crippen molar-refractivity contribution in [1.29, 1.82) is 0 Å². The third kappa shape index (κ3) is 6.78. The third-order valence-electron chi connectivity index (χ3n) is 9.70. The molecule has 246 valence electrons. The molecule has 10 heteroatoms. The zero-order valence-corrected chi connectivity index (χ0v) is 28.1. The fourth-order valence-corrected chi connectivity index (χ4v) is 7.36. The number of aliphatic hydroxyl groups is 2. The van der Waals surface area contributed by atoms with Crippen LogP contribution in [0.15, 0.2) is 83.4 Å². The molecule has 4 atom stereocenters. The number of anilines is 2. The first-order valence-corrected chi connectivity index (χ1v) is 17.1. The van der Waals surface area contributed by atoms with Gasteiger partial charge in [-0.2, -0.15) is 0 Å². The Labute approximate surface area is 283 Å². The quantitative estimate of drug-likeness (QED) is 0.241. The standard InChI is InChI=1S/C37H41BrN4O5/c1-24(7-4-13-34(44)41-22-28-10-3-2-9-26(28)18-31(41)23-43)37(47)32-19-29(38)14-15-33(32)42(36(37)46)21-25-8-5-12-30(17-25)40-35(45)27-11-6-16-39-20-27/h2-5,7-10,12,14-15,17,19,24,27,31,39,43,47H,6,11,13,16,18,20-23H2,1H3,(H,40,45)/b7-4+/t24-,27?,31-,37+/m0/s1. The van der Waals surface area contributed by atoms with Gasteiger partial charge in [0, 0.05) is 41.2 Å². The summed E-state index contributed by atoms with van der Waals surface area (Å²) in [7, 11) is 0. The van der Waals surface area contributed by atoms with Crippen LogP contribution >= 0.6 is 15.9 Å². The van der Waals surface area contributed by atoms with E-state index in [9.17, 15) is 24.6 Å². The van der Waals surface area contributed by atoms with E-state index in [4.69, 9.17) is 0 Å². The molecule has 3 heterocycles. The smallest absolute Gasteiger partial charge is 0.264 e. The van der Waals surface area contributed by atoms with Crippen LogP contribution < -0.4 is 15.5 Å². The second kappa shape index (κ2) is 14.1. The maximum Gasteiger partial charge on any atom is 0.264 e. The monoisotopic (exact) mass is 700 g/mol. The van der Waals surface area contributed by atoms with Crippen molar-refractivity contribution in [2.24, 2.45) is 11.8 Å². The lowest BCUT2D eigenvalue weighted by Gasteiger charge is -2.36. The number of benzene rings is 3. The molecule has 3 aliphatic rings. The predicted octanol–water partition coefficient (Wildman–Crippen LogP) is 4.65. The summed E-state index contributed by atoms with van der Waals surface area (Å²) in [5.74, 6) is -1.32. The maximum absolute atomic E-state index is 14.1. The van der Waals surface area contributed by atoms with E-state index in [0.717, 1.165) is 40.5 Å². The van der Waals surface area contributed by atoms with Crippen molar-refractivity contribution in [1.82, 2.24) is 10.2 Å². The Balaban J connectivity index is 1.17. The molecule has 4 N–H and O–H groups in total. The van der Waals surface area contributed by atoms with Gasteiger partial charge >= 0.3 is 0 Å². The van der Waals surface area contributed by atoms with Crippen molar-refractivity contribution < 1.29 is 24.6 Å². The molecule has 3 aromatic rings. The number of piperidine rings is 1. The van der Waals surface area contributed by atoms with Gasteiger partial charge in [-0.25, -0.2) is 0 Å². The zero-order chi connectivity index (χ0) is 33.1. The summed E-state index contributed by atoms with van der Waals surface area (Å²) in [5, 5.41) is 28.4. The molecule has 0 radical (unpaired) electrons. The molecular formula is C37H41BrN4O5. The first kappa shape index (κ1) is 33.1. The topological polar surface area (TPSA) is 122 Å². The van der Waals surface area contributed by atoms with E-state index in [1.807, 2.05) is 60.7 Å². The van der Waals surface area contributed by atoms with Gasteiger partial charge in [0.05, 0.1) is 30.8 Å². The molecule has 3 aromatic carbocycles. The lowest BCUT2D eigenvalue weighted by Crippen LogP contribution is -2.46. The summed E-state index contributed by atoms with van der Waals surface area (Å²) in [4.78, 5) is 43.5. The number of nitrogens with one attached hydrogen (secondary N) is 2. The molecule has 9 nitrogen and oxygen atoms in total. The largest absolute Gasteiger partial charge is 0.394 e. The summed E-state index contributed by atoms with van der Waals surface area (Å²) in [5.41, 5.74) is 2.94. The van der Waals surface area contributed by atoms with Crippen LogP contribution in [0.4, 0.5) is 11.4 Å².